The van der Waals surface area contributed by atoms with Gasteiger partial charge in [-0.3, -0.25) is 0 Å². The van der Waals surface area contributed by atoms with Crippen LogP contribution in [0.5, 0.6) is 17.2 Å². The molecule has 138 valence electrons. The summed E-state index contributed by atoms with van der Waals surface area (Å²) in [4.78, 5) is 12.0. The van der Waals surface area contributed by atoms with Gasteiger partial charge in [0, 0.05) is 0 Å². The van der Waals surface area contributed by atoms with E-state index < -0.39 is 0 Å². The normalized spacial score (nSPS) is 13.6. The number of hydrogen-bond donors (Lipinski definition) is 2. The molecule has 6 nitrogen and oxygen atoms in total. The van der Waals surface area contributed by atoms with Gasteiger partial charge in [-0.2, -0.15) is 0 Å². The number of rotatable bonds is 6. The number of benzene rings is 2. The zero-order valence-electron chi connectivity index (χ0n) is 15.1. The molecule has 2 aromatic carbocycles. The van der Waals surface area contributed by atoms with Crippen LogP contribution in [0.2, 0.25) is 0 Å². The quantitative estimate of drug-likeness (QED) is 0.780. The van der Waals surface area contributed by atoms with E-state index >= 15 is 0 Å². The van der Waals surface area contributed by atoms with Crippen molar-refractivity contribution >= 4 is 6.03 Å². The summed E-state index contributed by atoms with van der Waals surface area (Å²) in [7, 11) is 0. The van der Waals surface area contributed by atoms with E-state index in [0.717, 1.165) is 17.1 Å². The first kappa shape index (κ1) is 17.9. The van der Waals surface area contributed by atoms with Crippen molar-refractivity contribution in [2.45, 2.75) is 19.9 Å². The Morgan fingerprint density at radius 2 is 1.85 bits per heavy atom. The summed E-state index contributed by atoms with van der Waals surface area (Å²) < 4.78 is 16.7. The molecule has 1 unspecified atom stereocenters. The van der Waals surface area contributed by atoms with E-state index in [0.29, 0.717) is 32.1 Å². The van der Waals surface area contributed by atoms with Crippen molar-refractivity contribution in [2.24, 2.45) is 0 Å². The van der Waals surface area contributed by atoms with Gasteiger partial charge < -0.3 is 24.8 Å². The molecular formula is C20H24N2O4. The average molecular weight is 356 g/mol. The minimum Gasteiger partial charge on any atom is -0.492 e. The number of urea groups is 1. The van der Waals surface area contributed by atoms with Crippen LogP contribution >= 0.6 is 0 Å². The van der Waals surface area contributed by atoms with E-state index in [1.54, 1.807) is 0 Å². The Labute approximate surface area is 153 Å². The molecule has 0 bridgehead atoms. The van der Waals surface area contributed by atoms with Gasteiger partial charge in [0.2, 0.25) is 0 Å². The van der Waals surface area contributed by atoms with Gasteiger partial charge in [-0.15, -0.1) is 0 Å². The van der Waals surface area contributed by atoms with Gasteiger partial charge in [-0.1, -0.05) is 23.8 Å². The fraction of sp³-hybridized carbons (Fsp3) is 0.350. The zero-order valence-corrected chi connectivity index (χ0v) is 15.1. The minimum absolute atomic E-state index is 0.149. The Balaban J connectivity index is 1.42. The number of fused-ring (bicyclic) bond motifs is 1. The lowest BCUT2D eigenvalue weighted by Crippen LogP contribution is -2.39. The van der Waals surface area contributed by atoms with Crippen LogP contribution < -0.4 is 24.8 Å². The van der Waals surface area contributed by atoms with Crippen LogP contribution in [0.15, 0.2) is 42.5 Å². The first-order valence-corrected chi connectivity index (χ1v) is 8.75. The number of hydrogen-bond acceptors (Lipinski definition) is 4. The van der Waals surface area contributed by atoms with Gasteiger partial charge in [0.25, 0.3) is 0 Å². The standard InChI is InChI=1S/C20H24N2O4/c1-14-3-6-17(7-4-14)24-10-9-21-20(23)22-15(2)16-5-8-18-19(13-16)26-12-11-25-18/h3-8,13,15H,9-12H2,1-2H3,(H2,21,22,23). The van der Waals surface area contributed by atoms with Crippen LogP contribution in [0.4, 0.5) is 4.79 Å². The van der Waals surface area contributed by atoms with E-state index in [1.807, 2.05) is 56.3 Å². The van der Waals surface area contributed by atoms with Crippen LogP contribution in [-0.2, 0) is 0 Å². The zero-order chi connectivity index (χ0) is 18.4. The first-order valence-electron chi connectivity index (χ1n) is 8.75. The smallest absolute Gasteiger partial charge is 0.315 e. The summed E-state index contributed by atoms with van der Waals surface area (Å²) in [5.41, 5.74) is 2.14. The highest BCUT2D eigenvalue weighted by molar-refractivity contribution is 5.74. The lowest BCUT2D eigenvalue weighted by atomic mass is 10.1. The molecular weight excluding hydrogens is 332 g/mol. The third-order valence-electron chi connectivity index (χ3n) is 4.09. The van der Waals surface area contributed by atoms with Crippen LogP contribution in [0.3, 0.4) is 0 Å². The summed E-state index contributed by atoms with van der Waals surface area (Å²) >= 11 is 0. The number of amides is 2. The van der Waals surface area contributed by atoms with Gasteiger partial charge >= 0.3 is 6.03 Å². The van der Waals surface area contributed by atoms with Gasteiger partial charge in [0.15, 0.2) is 11.5 Å². The molecule has 26 heavy (non-hydrogen) atoms. The van der Waals surface area contributed by atoms with Crippen molar-refractivity contribution in [2.75, 3.05) is 26.4 Å². The Morgan fingerprint density at radius 1 is 1.12 bits per heavy atom. The van der Waals surface area contributed by atoms with E-state index in [9.17, 15) is 4.79 Å². The number of nitrogens with one attached hydrogen (secondary N) is 2. The molecule has 0 saturated carbocycles. The van der Waals surface area contributed by atoms with Crippen molar-refractivity contribution in [1.29, 1.82) is 0 Å². The highest BCUT2D eigenvalue weighted by atomic mass is 16.6. The molecule has 1 heterocycles. The van der Waals surface area contributed by atoms with Crippen molar-refractivity contribution in [3.8, 4) is 17.2 Å². The van der Waals surface area contributed by atoms with Gasteiger partial charge in [-0.05, 0) is 43.7 Å². The molecule has 2 amide bonds. The second-order valence-corrected chi connectivity index (χ2v) is 6.19. The maximum Gasteiger partial charge on any atom is 0.315 e. The maximum absolute atomic E-state index is 12.0. The molecule has 0 fully saturated rings. The first-order chi connectivity index (χ1) is 12.6. The molecule has 1 aliphatic rings. The highest BCUT2D eigenvalue weighted by Gasteiger charge is 2.15. The van der Waals surface area contributed by atoms with Crippen LogP contribution in [-0.4, -0.2) is 32.4 Å². The molecule has 2 N–H and O–H groups in total. The fourth-order valence-electron chi connectivity index (χ4n) is 2.63. The third-order valence-corrected chi connectivity index (χ3v) is 4.09. The number of ether oxygens (including phenoxy) is 3. The van der Waals surface area contributed by atoms with Crippen LogP contribution in [0.1, 0.15) is 24.1 Å². The van der Waals surface area contributed by atoms with Crippen molar-refractivity contribution < 1.29 is 19.0 Å². The second-order valence-electron chi connectivity index (χ2n) is 6.19. The summed E-state index contributed by atoms with van der Waals surface area (Å²) in [5.74, 6) is 2.25. The molecule has 0 aliphatic carbocycles. The van der Waals surface area contributed by atoms with E-state index in [1.165, 1.54) is 5.56 Å². The predicted octanol–water partition coefficient (Wildman–Crippen LogP) is 3.21. The van der Waals surface area contributed by atoms with Gasteiger partial charge in [0.05, 0.1) is 12.6 Å². The molecule has 6 heteroatoms. The van der Waals surface area contributed by atoms with Crippen LogP contribution in [0.25, 0.3) is 0 Å². The van der Waals surface area contributed by atoms with E-state index in [-0.39, 0.29) is 12.1 Å². The molecule has 1 aliphatic heterocycles. The maximum atomic E-state index is 12.0. The predicted molar refractivity (Wildman–Crippen MR) is 99.1 cm³/mol. The van der Waals surface area contributed by atoms with Gasteiger partial charge in [0.1, 0.15) is 25.6 Å². The number of carbonyl (C=O) groups is 1. The van der Waals surface area contributed by atoms with Gasteiger partial charge in [-0.25, -0.2) is 4.79 Å². The number of aryl methyl sites for hydroxylation is 1. The molecule has 3 rings (SSSR count). The number of carbonyl (C=O) groups excluding carboxylic acids is 1. The lowest BCUT2D eigenvalue weighted by molar-refractivity contribution is 0.171. The Hall–Kier alpha value is -2.89. The summed E-state index contributed by atoms with van der Waals surface area (Å²) in [5, 5.41) is 5.70. The Bertz CT molecular complexity index is 746. The Morgan fingerprint density at radius 3 is 2.62 bits per heavy atom. The van der Waals surface area contributed by atoms with Crippen molar-refractivity contribution in [1.82, 2.24) is 10.6 Å². The third kappa shape index (κ3) is 4.81. The largest absolute Gasteiger partial charge is 0.492 e. The fourth-order valence-corrected chi connectivity index (χ4v) is 2.63. The Kier molecular flexibility index (Phi) is 5.84. The summed E-state index contributed by atoms with van der Waals surface area (Å²) in [6.45, 7) is 5.89. The minimum atomic E-state index is -0.236. The SMILES string of the molecule is Cc1ccc(OCCNC(=O)NC(C)c2ccc3c(c2)OCCO3)cc1. The molecule has 0 spiro atoms. The molecule has 0 saturated heterocycles. The monoisotopic (exact) mass is 356 g/mol. The molecule has 0 aromatic heterocycles. The molecule has 2 aromatic rings. The second kappa shape index (κ2) is 8.47. The molecule has 0 radical (unpaired) electrons. The summed E-state index contributed by atoms with van der Waals surface area (Å²) in [6, 6.07) is 13.1. The topological polar surface area (TPSA) is 68.8 Å². The van der Waals surface area contributed by atoms with E-state index in [2.05, 4.69) is 10.6 Å². The van der Waals surface area contributed by atoms with Crippen molar-refractivity contribution in [3.63, 3.8) is 0 Å². The van der Waals surface area contributed by atoms with E-state index in [4.69, 9.17) is 14.2 Å². The summed E-state index contributed by atoms with van der Waals surface area (Å²) in [6.07, 6.45) is 0. The average Bonchev–Trinajstić information content (AvgIpc) is 2.66. The van der Waals surface area contributed by atoms with Crippen LogP contribution in [0, 0.1) is 6.92 Å². The highest BCUT2D eigenvalue weighted by Crippen LogP contribution is 2.32. The van der Waals surface area contributed by atoms with Crippen molar-refractivity contribution in [3.05, 3.63) is 53.6 Å². The molecule has 1 atom stereocenters. The lowest BCUT2D eigenvalue weighted by Gasteiger charge is -2.21.